The fourth-order valence-corrected chi connectivity index (χ4v) is 4.71. The van der Waals surface area contributed by atoms with Gasteiger partial charge in [0.05, 0.1) is 18.5 Å². The van der Waals surface area contributed by atoms with Crippen molar-refractivity contribution in [1.29, 1.82) is 0 Å². The number of nitrogens with zero attached hydrogens (tertiary/aromatic N) is 4. The lowest BCUT2D eigenvalue weighted by Crippen LogP contribution is -2.54. The smallest absolute Gasteiger partial charge is 0.216 e. The number of nitrogens with one attached hydrogen (secondary N) is 1. The van der Waals surface area contributed by atoms with Crippen LogP contribution in [0, 0.1) is 0 Å². The van der Waals surface area contributed by atoms with Crippen molar-refractivity contribution in [3.63, 3.8) is 0 Å². The van der Waals surface area contributed by atoms with Gasteiger partial charge >= 0.3 is 0 Å². The van der Waals surface area contributed by atoms with Gasteiger partial charge in [-0.05, 0) is 39.1 Å². The highest BCUT2D eigenvalue weighted by Crippen LogP contribution is 2.12. The topological polar surface area (TPSA) is 77.5 Å². The van der Waals surface area contributed by atoms with E-state index in [1.165, 1.54) is 11.1 Å². The maximum atomic E-state index is 12.5. The van der Waals surface area contributed by atoms with Crippen LogP contribution in [-0.4, -0.2) is 94.3 Å². The minimum atomic E-state index is -3.29. The van der Waals surface area contributed by atoms with E-state index in [1.807, 2.05) is 19.9 Å². The third-order valence-corrected chi connectivity index (χ3v) is 6.81. The van der Waals surface area contributed by atoms with E-state index in [9.17, 15) is 8.42 Å². The third kappa shape index (κ3) is 9.21. The first kappa shape index (κ1) is 28.1. The van der Waals surface area contributed by atoms with E-state index in [4.69, 9.17) is 4.74 Å². The van der Waals surface area contributed by atoms with Gasteiger partial charge in [-0.3, -0.25) is 4.99 Å². The molecule has 1 aromatic carbocycles. The molecule has 1 aliphatic heterocycles. The van der Waals surface area contributed by atoms with Gasteiger partial charge in [0.1, 0.15) is 0 Å². The first-order valence-electron chi connectivity index (χ1n) is 10.5. The Bertz CT molecular complexity index is 794. The van der Waals surface area contributed by atoms with E-state index >= 15 is 0 Å². The average molecular weight is 568 g/mol. The molecule has 0 saturated carbocycles. The first-order valence-corrected chi connectivity index (χ1v) is 12.1. The zero-order valence-corrected chi connectivity index (χ0v) is 22.5. The number of aliphatic imine (C=N–C) groups is 1. The summed E-state index contributed by atoms with van der Waals surface area (Å²) >= 11 is 0. The van der Waals surface area contributed by atoms with Crippen LogP contribution in [0.3, 0.4) is 0 Å². The molecular weight excluding hydrogens is 529 g/mol. The number of guanidine groups is 1. The summed E-state index contributed by atoms with van der Waals surface area (Å²) in [6.07, 6.45) is 0.0364. The highest BCUT2D eigenvalue weighted by Gasteiger charge is 2.28. The van der Waals surface area contributed by atoms with E-state index in [1.54, 1.807) is 11.4 Å². The summed E-state index contributed by atoms with van der Waals surface area (Å²) < 4.78 is 32.0. The second kappa shape index (κ2) is 13.6. The fraction of sp³-hybridized carbons (Fsp3) is 0.667. The Morgan fingerprint density at radius 1 is 1.16 bits per heavy atom. The van der Waals surface area contributed by atoms with Crippen LogP contribution >= 0.6 is 24.0 Å². The molecule has 0 aliphatic carbocycles. The molecule has 1 N–H and O–H groups in total. The highest BCUT2D eigenvalue weighted by atomic mass is 127. The van der Waals surface area contributed by atoms with Crippen molar-refractivity contribution in [3.05, 3.63) is 35.4 Å². The molecule has 1 aromatic rings. The van der Waals surface area contributed by atoms with Crippen molar-refractivity contribution < 1.29 is 13.2 Å². The second-order valence-electron chi connectivity index (χ2n) is 8.03. The average Bonchev–Trinajstić information content (AvgIpc) is 2.69. The second-order valence-corrected chi connectivity index (χ2v) is 10.1. The summed E-state index contributed by atoms with van der Waals surface area (Å²) in [6.45, 7) is 7.76. The van der Waals surface area contributed by atoms with Gasteiger partial charge in [-0.1, -0.05) is 24.3 Å². The summed E-state index contributed by atoms with van der Waals surface area (Å²) in [4.78, 5) is 8.68. The molecular formula is C21H38IN5O3S. The molecule has 1 heterocycles. The van der Waals surface area contributed by atoms with Crippen LogP contribution in [0.15, 0.2) is 29.3 Å². The maximum absolute atomic E-state index is 12.5. The quantitative estimate of drug-likeness (QED) is 0.279. The van der Waals surface area contributed by atoms with Crippen molar-refractivity contribution in [2.75, 3.05) is 59.7 Å². The van der Waals surface area contributed by atoms with E-state index in [2.05, 4.69) is 52.4 Å². The molecule has 0 atom stereocenters. The zero-order valence-electron chi connectivity index (χ0n) is 19.4. The Kier molecular flexibility index (Phi) is 12.3. The minimum Gasteiger partial charge on any atom is -0.378 e. The lowest BCUT2D eigenvalue weighted by Gasteiger charge is -2.36. The number of halogens is 1. The Labute approximate surface area is 205 Å². The number of ether oxygens (including phenoxy) is 1. The molecule has 0 radical (unpaired) electrons. The Balaban J connectivity index is 0.00000480. The number of benzene rings is 1. The monoisotopic (exact) mass is 567 g/mol. The molecule has 0 bridgehead atoms. The summed E-state index contributed by atoms with van der Waals surface area (Å²) in [5.41, 5.74) is 2.52. The molecule has 178 valence electrons. The van der Waals surface area contributed by atoms with E-state index < -0.39 is 10.0 Å². The molecule has 0 spiro atoms. The van der Waals surface area contributed by atoms with E-state index in [-0.39, 0.29) is 42.4 Å². The van der Waals surface area contributed by atoms with E-state index in [0.717, 1.165) is 12.5 Å². The molecule has 31 heavy (non-hydrogen) atoms. The summed E-state index contributed by atoms with van der Waals surface area (Å²) in [5.74, 6) is 0.829. The van der Waals surface area contributed by atoms with Crippen molar-refractivity contribution in [2.24, 2.45) is 4.99 Å². The molecule has 2 rings (SSSR count). The van der Waals surface area contributed by atoms with Crippen molar-refractivity contribution in [1.82, 2.24) is 19.4 Å². The number of rotatable bonds is 9. The summed E-state index contributed by atoms with van der Waals surface area (Å²) in [7, 11) is 2.60. The van der Waals surface area contributed by atoms with Gasteiger partial charge < -0.3 is 19.9 Å². The van der Waals surface area contributed by atoms with Crippen LogP contribution in [0.4, 0.5) is 0 Å². The van der Waals surface area contributed by atoms with Gasteiger partial charge in [-0.2, -0.15) is 4.31 Å². The van der Waals surface area contributed by atoms with Crippen LogP contribution in [-0.2, 0) is 27.8 Å². The van der Waals surface area contributed by atoms with Crippen molar-refractivity contribution in [3.8, 4) is 0 Å². The predicted molar refractivity (Wildman–Crippen MR) is 137 cm³/mol. The highest BCUT2D eigenvalue weighted by molar-refractivity contribution is 14.0. The molecule has 0 aromatic heterocycles. The molecule has 1 saturated heterocycles. The molecule has 8 nitrogen and oxygen atoms in total. The van der Waals surface area contributed by atoms with Gasteiger partial charge in [0.2, 0.25) is 10.0 Å². The standard InChI is InChI=1S/C21H37N5O3S.HI/c1-18(2)29-14-15-30(27,28)26-12-10-25(11-13-26)21(22-3)23-16-19-8-6-7-9-20(19)17-24(4)5;/h6-9,18H,10-17H2,1-5H3,(H,22,23);1H. The normalized spacial score (nSPS) is 16.0. The number of hydrogen-bond donors (Lipinski definition) is 1. The van der Waals surface area contributed by atoms with Gasteiger partial charge in [0.25, 0.3) is 0 Å². The zero-order chi connectivity index (χ0) is 22.1. The molecule has 0 amide bonds. The maximum Gasteiger partial charge on any atom is 0.216 e. The van der Waals surface area contributed by atoms with Crippen LogP contribution in [0.2, 0.25) is 0 Å². The summed E-state index contributed by atoms with van der Waals surface area (Å²) in [6, 6.07) is 8.38. The summed E-state index contributed by atoms with van der Waals surface area (Å²) in [5, 5.41) is 3.44. The van der Waals surface area contributed by atoms with Gasteiger partial charge in [0, 0.05) is 46.3 Å². The third-order valence-electron chi connectivity index (χ3n) is 4.98. The Morgan fingerprint density at radius 2 is 1.77 bits per heavy atom. The van der Waals surface area contributed by atoms with Crippen LogP contribution < -0.4 is 5.32 Å². The van der Waals surface area contributed by atoms with Gasteiger partial charge in [-0.15, -0.1) is 24.0 Å². The number of piperazine rings is 1. The van der Waals surface area contributed by atoms with Crippen LogP contribution in [0.5, 0.6) is 0 Å². The van der Waals surface area contributed by atoms with Gasteiger partial charge in [-0.25, -0.2) is 8.42 Å². The Hall–Kier alpha value is -0.950. The molecule has 1 fully saturated rings. The SMILES string of the molecule is CN=C(NCc1ccccc1CN(C)C)N1CCN(S(=O)(=O)CCOC(C)C)CC1.I. The first-order chi connectivity index (χ1) is 14.2. The van der Waals surface area contributed by atoms with Crippen LogP contribution in [0.25, 0.3) is 0 Å². The predicted octanol–water partition coefficient (Wildman–Crippen LogP) is 1.81. The molecule has 0 unspecified atom stereocenters. The van der Waals surface area contributed by atoms with Crippen LogP contribution in [0.1, 0.15) is 25.0 Å². The number of hydrogen-bond acceptors (Lipinski definition) is 5. The molecule has 10 heteroatoms. The lowest BCUT2D eigenvalue weighted by molar-refractivity contribution is 0.0904. The largest absolute Gasteiger partial charge is 0.378 e. The number of sulfonamides is 1. The fourth-order valence-electron chi connectivity index (χ4n) is 3.43. The molecule has 1 aliphatic rings. The van der Waals surface area contributed by atoms with E-state index in [0.29, 0.717) is 32.7 Å². The minimum absolute atomic E-state index is 0. The Morgan fingerprint density at radius 3 is 2.32 bits per heavy atom. The van der Waals surface area contributed by atoms with Crippen molar-refractivity contribution in [2.45, 2.75) is 33.0 Å². The van der Waals surface area contributed by atoms with Crippen molar-refractivity contribution >= 4 is 40.0 Å². The lowest BCUT2D eigenvalue weighted by atomic mass is 10.1. The van der Waals surface area contributed by atoms with Gasteiger partial charge in [0.15, 0.2) is 5.96 Å².